The van der Waals surface area contributed by atoms with E-state index in [1.807, 2.05) is 0 Å². The van der Waals surface area contributed by atoms with E-state index in [4.69, 9.17) is 19.3 Å². The minimum absolute atomic E-state index is 0.0811. The molecule has 9 nitrogen and oxygen atoms in total. The van der Waals surface area contributed by atoms with Gasteiger partial charge in [-0.25, -0.2) is 0 Å². The molecule has 0 saturated heterocycles. The van der Waals surface area contributed by atoms with Crippen LogP contribution in [0.15, 0.2) is 0 Å². The van der Waals surface area contributed by atoms with Crippen LogP contribution in [0, 0.1) is 0 Å². The van der Waals surface area contributed by atoms with Crippen LogP contribution in [0.2, 0.25) is 0 Å². The summed E-state index contributed by atoms with van der Waals surface area (Å²) < 4.78 is 16.9. The maximum atomic E-state index is 12.9. The molecule has 3 unspecified atom stereocenters. The SMILES string of the molecule is CCCCCCCCCCCCCCCCCC(=O)OCC(COC(=O)CCCCCCCCCCCCCCCCCC(O)C(O)CO)OC(=O)CCCCCCCCCCCCCCCCC. The normalized spacial score (nSPS) is 12.8. The van der Waals surface area contributed by atoms with Gasteiger partial charge in [0, 0.05) is 19.3 Å². The Morgan fingerprint density at radius 2 is 0.551 bits per heavy atom. The Morgan fingerprint density at radius 1 is 0.319 bits per heavy atom. The molecule has 0 saturated carbocycles. The van der Waals surface area contributed by atoms with Gasteiger partial charge in [-0.3, -0.25) is 14.4 Å². The molecule has 410 valence electrons. The minimum atomic E-state index is -1.02. The molecular weight excluding hydrogens is 865 g/mol. The van der Waals surface area contributed by atoms with Crippen LogP contribution in [0.5, 0.6) is 0 Å². The third-order valence-electron chi connectivity index (χ3n) is 14.1. The van der Waals surface area contributed by atoms with Crippen molar-refractivity contribution in [3.63, 3.8) is 0 Å². The van der Waals surface area contributed by atoms with Gasteiger partial charge in [-0.1, -0.05) is 284 Å². The Hall–Kier alpha value is -1.71. The number of aliphatic hydroxyl groups is 3. The third-order valence-corrected chi connectivity index (χ3v) is 14.1. The molecule has 0 aliphatic heterocycles. The van der Waals surface area contributed by atoms with Gasteiger partial charge < -0.3 is 29.5 Å². The van der Waals surface area contributed by atoms with E-state index in [1.54, 1.807) is 0 Å². The quantitative estimate of drug-likeness (QED) is 0.0309. The Kier molecular flexibility index (Phi) is 54.2. The first-order valence-electron chi connectivity index (χ1n) is 30.3. The molecule has 9 heteroatoms. The molecule has 0 rings (SSSR count). The number of carbonyl (C=O) groups excluding carboxylic acids is 3. The van der Waals surface area contributed by atoms with Gasteiger partial charge in [-0.05, 0) is 25.7 Å². The van der Waals surface area contributed by atoms with Crippen LogP contribution in [0.3, 0.4) is 0 Å². The van der Waals surface area contributed by atoms with Crippen molar-refractivity contribution in [2.45, 2.75) is 347 Å². The van der Waals surface area contributed by atoms with E-state index in [2.05, 4.69) is 13.8 Å². The summed E-state index contributed by atoms with van der Waals surface area (Å²) in [5, 5.41) is 28.0. The Labute approximate surface area is 426 Å². The van der Waals surface area contributed by atoms with E-state index >= 15 is 0 Å². The highest BCUT2D eigenvalue weighted by atomic mass is 16.6. The Morgan fingerprint density at radius 3 is 0.812 bits per heavy atom. The van der Waals surface area contributed by atoms with Crippen LogP contribution in [-0.2, 0) is 28.6 Å². The topological polar surface area (TPSA) is 140 Å². The van der Waals surface area contributed by atoms with Crippen molar-refractivity contribution < 1.29 is 43.9 Å². The molecule has 69 heavy (non-hydrogen) atoms. The average Bonchev–Trinajstić information content (AvgIpc) is 3.35. The van der Waals surface area contributed by atoms with Crippen LogP contribution >= 0.6 is 0 Å². The van der Waals surface area contributed by atoms with Crippen molar-refractivity contribution in [3.8, 4) is 0 Å². The van der Waals surface area contributed by atoms with Crippen molar-refractivity contribution in [1.82, 2.24) is 0 Å². The smallest absolute Gasteiger partial charge is 0.306 e. The minimum Gasteiger partial charge on any atom is -0.462 e. The first-order valence-corrected chi connectivity index (χ1v) is 30.3. The molecule has 0 aromatic heterocycles. The van der Waals surface area contributed by atoms with Crippen LogP contribution in [0.4, 0.5) is 0 Å². The fraction of sp³-hybridized carbons (Fsp3) is 0.950. The summed E-state index contributed by atoms with van der Waals surface area (Å²) in [6.45, 7) is 3.99. The molecule has 3 N–H and O–H groups in total. The van der Waals surface area contributed by atoms with Crippen LogP contribution in [0.25, 0.3) is 0 Å². The molecule has 3 atom stereocenters. The third kappa shape index (κ3) is 52.4. The van der Waals surface area contributed by atoms with Gasteiger partial charge in [0.05, 0.1) is 12.7 Å². The van der Waals surface area contributed by atoms with Crippen molar-refractivity contribution >= 4 is 17.9 Å². The van der Waals surface area contributed by atoms with E-state index in [1.165, 1.54) is 212 Å². The zero-order chi connectivity index (χ0) is 50.4. The lowest BCUT2D eigenvalue weighted by molar-refractivity contribution is -0.167. The van der Waals surface area contributed by atoms with Crippen LogP contribution < -0.4 is 0 Å². The maximum absolute atomic E-state index is 12.9. The first-order chi connectivity index (χ1) is 33.8. The second kappa shape index (κ2) is 55.6. The van der Waals surface area contributed by atoms with E-state index < -0.39 is 18.3 Å². The second-order valence-electron chi connectivity index (χ2n) is 21.0. The van der Waals surface area contributed by atoms with Crippen molar-refractivity contribution in [3.05, 3.63) is 0 Å². The number of aliphatic hydroxyl groups excluding tert-OH is 3. The van der Waals surface area contributed by atoms with Gasteiger partial charge in [0.25, 0.3) is 0 Å². The highest BCUT2D eigenvalue weighted by molar-refractivity contribution is 5.71. The van der Waals surface area contributed by atoms with Gasteiger partial charge in [-0.2, -0.15) is 0 Å². The molecule has 0 aromatic rings. The fourth-order valence-electron chi connectivity index (χ4n) is 9.39. The standard InChI is InChI=1S/C60H116O9/c1-3-5-7-9-11-13-15-17-20-25-29-33-37-41-45-49-58(64)67-53-55(69-60(66)51-47-43-39-35-31-27-21-18-16-14-12-10-8-6-4-2)54-68-59(65)50-46-42-38-34-30-26-23-19-22-24-28-32-36-40-44-48-56(62)57(63)52-61/h55-57,61-63H,3-54H2,1-2H3. The number of hydrogen-bond acceptors (Lipinski definition) is 9. The highest BCUT2D eigenvalue weighted by Crippen LogP contribution is 2.18. The van der Waals surface area contributed by atoms with Gasteiger partial charge >= 0.3 is 17.9 Å². The number of hydrogen-bond donors (Lipinski definition) is 3. The van der Waals surface area contributed by atoms with Gasteiger partial charge in [0.2, 0.25) is 0 Å². The predicted octanol–water partition coefficient (Wildman–Crippen LogP) is 16.9. The molecule has 0 heterocycles. The number of carbonyl (C=O) groups is 3. The lowest BCUT2D eigenvalue weighted by atomic mass is 10.0. The maximum Gasteiger partial charge on any atom is 0.306 e. The molecule has 0 bridgehead atoms. The fourth-order valence-corrected chi connectivity index (χ4v) is 9.39. The molecule has 0 spiro atoms. The molecule has 0 aromatic carbocycles. The molecular formula is C60H116O9. The molecule has 0 radical (unpaired) electrons. The van der Waals surface area contributed by atoms with Gasteiger partial charge in [0.1, 0.15) is 19.3 Å². The predicted molar refractivity (Wildman–Crippen MR) is 288 cm³/mol. The van der Waals surface area contributed by atoms with Crippen LogP contribution in [0.1, 0.15) is 328 Å². The lowest BCUT2D eigenvalue weighted by Crippen LogP contribution is -2.30. The molecule has 0 fully saturated rings. The second-order valence-corrected chi connectivity index (χ2v) is 21.0. The largest absolute Gasteiger partial charge is 0.462 e. The first kappa shape index (κ1) is 67.3. The zero-order valence-corrected chi connectivity index (χ0v) is 45.8. The van der Waals surface area contributed by atoms with Crippen molar-refractivity contribution in [2.75, 3.05) is 19.8 Å². The summed E-state index contributed by atoms with van der Waals surface area (Å²) in [6, 6.07) is 0. The summed E-state index contributed by atoms with van der Waals surface area (Å²) >= 11 is 0. The van der Waals surface area contributed by atoms with E-state index in [0.717, 1.165) is 77.0 Å². The van der Waals surface area contributed by atoms with E-state index in [9.17, 15) is 24.6 Å². The Bertz CT molecular complexity index is 1070. The molecule has 0 aliphatic rings. The molecule has 0 aliphatic carbocycles. The summed E-state index contributed by atoms with van der Waals surface area (Å²) in [4.78, 5) is 38.2. The van der Waals surface area contributed by atoms with Crippen LogP contribution in [-0.4, -0.2) is 71.4 Å². The lowest BCUT2D eigenvalue weighted by Gasteiger charge is -2.18. The Balaban J connectivity index is 4.28. The van der Waals surface area contributed by atoms with E-state index in [0.29, 0.717) is 25.7 Å². The van der Waals surface area contributed by atoms with Crippen molar-refractivity contribution in [1.29, 1.82) is 0 Å². The summed E-state index contributed by atoms with van der Waals surface area (Å²) in [5.74, 6) is -0.891. The average molecular weight is 982 g/mol. The highest BCUT2D eigenvalue weighted by Gasteiger charge is 2.20. The zero-order valence-electron chi connectivity index (χ0n) is 45.8. The summed E-state index contributed by atoms with van der Waals surface area (Å²) in [5.41, 5.74) is 0. The summed E-state index contributed by atoms with van der Waals surface area (Å²) in [6.07, 6.45) is 54.3. The monoisotopic (exact) mass is 981 g/mol. The number of esters is 3. The number of rotatable bonds is 57. The van der Waals surface area contributed by atoms with Gasteiger partial charge in [-0.15, -0.1) is 0 Å². The summed E-state index contributed by atoms with van der Waals surface area (Å²) in [7, 11) is 0. The number of unbranched alkanes of at least 4 members (excludes halogenated alkanes) is 42. The van der Waals surface area contributed by atoms with Gasteiger partial charge in [0.15, 0.2) is 6.10 Å². The van der Waals surface area contributed by atoms with E-state index in [-0.39, 0.29) is 37.7 Å². The molecule has 0 amide bonds. The van der Waals surface area contributed by atoms with Crippen molar-refractivity contribution in [2.24, 2.45) is 0 Å². The number of ether oxygens (including phenoxy) is 3.